The van der Waals surface area contributed by atoms with E-state index in [2.05, 4.69) is 31.2 Å². The molecule has 52 heavy (non-hydrogen) atoms. The van der Waals surface area contributed by atoms with Crippen LogP contribution in [0.4, 0.5) is 5.69 Å². The molecule has 4 heterocycles. The molecule has 1 aromatic heterocycles. The summed E-state index contributed by atoms with van der Waals surface area (Å²) < 4.78 is 41.6. The van der Waals surface area contributed by atoms with Gasteiger partial charge in [-0.25, -0.2) is 4.21 Å². The van der Waals surface area contributed by atoms with E-state index in [0.717, 1.165) is 81.8 Å². The first-order chi connectivity index (χ1) is 25.0. The van der Waals surface area contributed by atoms with Gasteiger partial charge in [0.1, 0.15) is 21.2 Å². The van der Waals surface area contributed by atoms with Gasteiger partial charge in [0, 0.05) is 48.9 Å². The second kappa shape index (κ2) is 14.0. The van der Waals surface area contributed by atoms with Crippen molar-refractivity contribution in [3.63, 3.8) is 0 Å². The molecule has 8 rings (SSSR count). The molecule has 2 aromatic carbocycles. The van der Waals surface area contributed by atoms with Crippen LogP contribution in [0.3, 0.4) is 0 Å². The number of nitrogens with one attached hydrogen (secondary N) is 1. The van der Waals surface area contributed by atoms with Crippen molar-refractivity contribution >= 4 is 39.0 Å². The summed E-state index contributed by atoms with van der Waals surface area (Å²) in [4.78, 5) is 30.1. The molecule has 2 aliphatic carbocycles. The summed E-state index contributed by atoms with van der Waals surface area (Å²) in [6.07, 6.45) is 9.67. The molecule has 2 fully saturated rings. The number of rotatable bonds is 3. The number of nitrogens with zero attached hydrogens (tertiary/aromatic N) is 4. The monoisotopic (exact) mass is 749 g/mol. The molecule has 2 amide bonds. The summed E-state index contributed by atoms with van der Waals surface area (Å²) in [5.74, 6) is 0.777. The third kappa shape index (κ3) is 6.71. The van der Waals surface area contributed by atoms with Crippen LogP contribution in [0, 0.1) is 23.7 Å². The number of anilines is 1. The lowest BCUT2D eigenvalue weighted by atomic mass is 9.66. The Morgan fingerprint density at radius 3 is 2.77 bits per heavy atom. The van der Waals surface area contributed by atoms with E-state index in [1.807, 2.05) is 25.1 Å². The average Bonchev–Trinajstić information content (AvgIpc) is 3.68. The van der Waals surface area contributed by atoms with Crippen LogP contribution in [-0.4, -0.2) is 71.1 Å². The van der Waals surface area contributed by atoms with Crippen LogP contribution in [0.1, 0.15) is 83.7 Å². The zero-order chi connectivity index (χ0) is 36.2. The third-order valence-corrected chi connectivity index (χ3v) is 14.4. The minimum atomic E-state index is -3.56. The number of methoxy groups -OCH3 is 1. The average molecular weight is 750 g/mol. The zero-order valence-corrected chi connectivity index (χ0v) is 31.7. The first-order valence-corrected chi connectivity index (χ1v) is 20.7. The Balaban J connectivity index is 1.20. The van der Waals surface area contributed by atoms with Crippen LogP contribution < -0.4 is 19.1 Å². The molecular formula is C39H48ClN5O6S. The molecule has 5 aliphatic rings. The molecule has 278 valence electrons. The Hall–Kier alpha value is -3.61. The van der Waals surface area contributed by atoms with E-state index in [9.17, 15) is 13.8 Å². The van der Waals surface area contributed by atoms with E-state index in [0.29, 0.717) is 35.7 Å². The van der Waals surface area contributed by atoms with Crippen molar-refractivity contribution < 1.29 is 28.0 Å². The lowest BCUT2D eigenvalue weighted by Gasteiger charge is -2.46. The predicted molar refractivity (Wildman–Crippen MR) is 200 cm³/mol. The van der Waals surface area contributed by atoms with E-state index in [1.54, 1.807) is 13.1 Å². The molecule has 1 saturated heterocycles. The minimum Gasteiger partial charge on any atom is -0.490 e. The highest BCUT2D eigenvalue weighted by Gasteiger charge is 2.47. The lowest BCUT2D eigenvalue weighted by molar-refractivity contribution is -0.0257. The van der Waals surface area contributed by atoms with Gasteiger partial charge < -0.3 is 19.1 Å². The zero-order valence-electron chi connectivity index (χ0n) is 30.1. The van der Waals surface area contributed by atoms with Crippen molar-refractivity contribution in [2.45, 2.75) is 69.8 Å². The van der Waals surface area contributed by atoms with E-state index < -0.39 is 21.7 Å². The highest BCUT2D eigenvalue weighted by molar-refractivity contribution is 7.92. The van der Waals surface area contributed by atoms with E-state index in [-0.39, 0.29) is 34.6 Å². The summed E-state index contributed by atoms with van der Waals surface area (Å²) in [5.41, 5.74) is 3.56. The van der Waals surface area contributed by atoms with E-state index in [1.165, 1.54) is 29.1 Å². The van der Waals surface area contributed by atoms with Crippen LogP contribution in [-0.2, 0) is 33.5 Å². The molecule has 3 aromatic rings. The summed E-state index contributed by atoms with van der Waals surface area (Å²) in [6, 6.07) is 11.6. The number of halogens is 1. The van der Waals surface area contributed by atoms with Crippen molar-refractivity contribution in [3.05, 3.63) is 69.9 Å². The van der Waals surface area contributed by atoms with Gasteiger partial charge in [-0.2, -0.15) is 0 Å². The van der Waals surface area contributed by atoms with Gasteiger partial charge in [0.25, 0.3) is 11.8 Å². The fourth-order valence-corrected chi connectivity index (χ4v) is 11.6. The first kappa shape index (κ1) is 35.4. The number of fused-ring (bicyclic) bond motifs is 6. The fourth-order valence-electron chi connectivity index (χ4n) is 9.45. The number of aromatic nitrogens is 2. The number of carbonyl (C=O) groups is 2. The maximum atomic E-state index is 14.7. The van der Waals surface area contributed by atoms with Gasteiger partial charge in [-0.15, -0.1) is 9.46 Å². The van der Waals surface area contributed by atoms with Crippen molar-refractivity contribution in [2.24, 2.45) is 35.1 Å². The molecule has 13 heteroatoms. The number of hydrogen-bond donors (Lipinski definition) is 1. The molecule has 7 atom stereocenters. The van der Waals surface area contributed by atoms with E-state index >= 15 is 0 Å². The van der Waals surface area contributed by atoms with Crippen molar-refractivity contribution in [1.29, 1.82) is 0 Å². The molecule has 3 unspecified atom stereocenters. The largest absolute Gasteiger partial charge is 0.490 e. The topological polar surface area (TPSA) is 124 Å². The van der Waals surface area contributed by atoms with Crippen LogP contribution >= 0.6 is 11.6 Å². The lowest BCUT2D eigenvalue weighted by Crippen LogP contribution is -2.50. The Kier molecular flexibility index (Phi) is 9.53. The molecule has 1 N–H and O–H groups in total. The first-order valence-electron chi connectivity index (χ1n) is 18.6. The van der Waals surface area contributed by atoms with Gasteiger partial charge in [-0.1, -0.05) is 24.6 Å². The number of benzene rings is 2. The quantitative estimate of drug-likeness (QED) is 0.328. The van der Waals surface area contributed by atoms with Gasteiger partial charge in [0.15, 0.2) is 0 Å². The van der Waals surface area contributed by atoms with Crippen LogP contribution in [0.25, 0.3) is 0 Å². The van der Waals surface area contributed by atoms with Crippen molar-refractivity contribution in [2.75, 3.05) is 44.1 Å². The molecule has 1 spiro atoms. The molecular weight excluding hydrogens is 702 g/mol. The summed E-state index contributed by atoms with van der Waals surface area (Å²) >= 11 is 6.48. The molecule has 1 saturated carbocycles. The third-order valence-electron chi connectivity index (χ3n) is 12.2. The molecule has 3 aliphatic heterocycles. The maximum Gasteiger partial charge on any atom is 0.286 e. The van der Waals surface area contributed by atoms with E-state index in [4.69, 9.17) is 25.8 Å². The SMILES string of the molecule is COc1nn(C)cc1C(=O)NS1(=O)=NC(=O)c2ccc3c(c2)N(C[C@@H]2CC[C@H]2C2OCCC2CC[C@H](C)C1)C[C@@]1(CCCc2cc(Cl)ccc21)CO3. The summed E-state index contributed by atoms with van der Waals surface area (Å²) in [5, 5.41) is 4.92. The number of ether oxygens (including phenoxy) is 3. The minimum absolute atomic E-state index is 0.0312. The highest BCUT2D eigenvalue weighted by Crippen LogP contribution is 2.49. The summed E-state index contributed by atoms with van der Waals surface area (Å²) in [6.45, 7) is 4.84. The Labute approximate surface area is 311 Å². The standard InChI is InChI=1S/C39H48ClN5O6S/c1-24-6-7-25-14-16-50-35(25)30-11-8-28(30)19-45-22-39(15-4-5-26-17-29(40)10-12-32(26)39)23-51-34-13-9-27(18-33(34)45)36(46)42-52(48,21-24)43-37(47)31-20-44(2)41-38(31)49-3/h9-10,12-13,17-18,20,24-25,28,30,35H,4-8,11,14-16,19,21-23H2,1-3H3,(H,42,43,46,47,48)/t24-,25?,28-,30+,35?,39-,52?/m0/s1. The number of hydrogen-bond acceptors (Lipinski definition) is 8. The van der Waals surface area contributed by atoms with Gasteiger partial charge in [0.05, 0.1) is 31.3 Å². The van der Waals surface area contributed by atoms with Gasteiger partial charge >= 0.3 is 0 Å². The smallest absolute Gasteiger partial charge is 0.286 e. The number of carbonyl (C=O) groups excluding carboxylic acids is 2. The van der Waals surface area contributed by atoms with Crippen molar-refractivity contribution in [3.8, 4) is 11.6 Å². The van der Waals surface area contributed by atoms with Crippen LogP contribution in [0.2, 0.25) is 5.02 Å². The van der Waals surface area contributed by atoms with Crippen molar-refractivity contribution in [1.82, 2.24) is 14.5 Å². The van der Waals surface area contributed by atoms with Gasteiger partial charge in [0.2, 0.25) is 5.88 Å². The second-order valence-corrected chi connectivity index (χ2v) is 18.2. The highest BCUT2D eigenvalue weighted by atomic mass is 35.5. The number of amides is 2. The van der Waals surface area contributed by atoms with Gasteiger partial charge in [-0.3, -0.25) is 19.0 Å². The Morgan fingerprint density at radius 2 is 1.96 bits per heavy atom. The molecule has 11 nitrogen and oxygen atoms in total. The van der Waals surface area contributed by atoms with Gasteiger partial charge in [-0.05, 0) is 116 Å². The molecule has 0 radical (unpaired) electrons. The number of aryl methyl sites for hydroxylation is 2. The predicted octanol–water partition coefficient (Wildman–Crippen LogP) is 6.37. The van der Waals surface area contributed by atoms with Crippen LogP contribution in [0.15, 0.2) is 47.0 Å². The van der Waals surface area contributed by atoms with Crippen LogP contribution in [0.5, 0.6) is 11.6 Å². The Bertz CT molecular complexity index is 2010. The fraction of sp³-hybridized carbons (Fsp3) is 0.564. The molecule has 2 bridgehead atoms. The maximum absolute atomic E-state index is 14.7. The summed E-state index contributed by atoms with van der Waals surface area (Å²) in [7, 11) is -0.474. The Morgan fingerprint density at radius 1 is 1.12 bits per heavy atom. The normalized spacial score (nSPS) is 31.6. The second-order valence-electron chi connectivity index (χ2n) is 15.7.